The van der Waals surface area contributed by atoms with Crippen LogP contribution >= 0.6 is 7.82 Å². The van der Waals surface area contributed by atoms with Gasteiger partial charge in [0.1, 0.15) is 42.3 Å². The molecule has 2 aliphatic rings. The first kappa shape index (κ1) is 47.9. The van der Waals surface area contributed by atoms with Gasteiger partial charge in [-0.1, -0.05) is 109 Å². The Morgan fingerprint density at radius 2 is 1.55 bits per heavy atom. The summed E-state index contributed by atoms with van der Waals surface area (Å²) in [5.41, 5.74) is 5.39. The number of rotatable bonds is 29. The number of nitrogens with zero attached hydrogens (tertiary/aromatic N) is 4. The van der Waals surface area contributed by atoms with Gasteiger partial charge in [0.25, 0.3) is 0 Å². The van der Waals surface area contributed by atoms with Gasteiger partial charge < -0.3 is 34.3 Å². The predicted octanol–water partition coefficient (Wildman–Crippen LogP) is 9.22. The van der Waals surface area contributed by atoms with Crippen LogP contribution in [-0.4, -0.2) is 76.1 Å². The van der Waals surface area contributed by atoms with E-state index in [2.05, 4.69) is 23.1 Å². The van der Waals surface area contributed by atoms with Crippen LogP contribution in [0.25, 0.3) is 5.52 Å². The van der Waals surface area contributed by atoms with E-state index in [9.17, 15) is 23.5 Å². The molecular formula is C43H64F2N5O9P. The fraction of sp³-hybridized carbons (Fsp3) is 0.698. The Kier molecular flexibility index (Phi) is 18.7. The molecule has 0 bridgehead atoms. The van der Waals surface area contributed by atoms with Crippen LogP contribution in [0.15, 0.2) is 36.7 Å². The molecule has 17 heteroatoms. The van der Waals surface area contributed by atoms with Crippen LogP contribution in [0.1, 0.15) is 135 Å². The third-order valence-corrected chi connectivity index (χ3v) is 12.0. The molecule has 334 valence electrons. The van der Waals surface area contributed by atoms with E-state index >= 15 is 0 Å². The molecule has 0 radical (unpaired) electrons. The number of hydrogen-bond acceptors (Lipinski definition) is 12. The first-order chi connectivity index (χ1) is 28.9. The molecule has 1 unspecified atom stereocenters. The Labute approximate surface area is 353 Å². The minimum atomic E-state index is -4.76. The standard InChI is InChI=1S/C43H64F2N5O9P/c1-4-5-6-7-8-9-10-11-12-13-14-15-16-17-18-19-24-53-27-33(54-26-32-20-21-34(44)35(45)25-32)28-55-60(51,52)56-29-37-39-40(59-42(2,3)58-39)43(30-46,57-37)38-23-22-36-41(47)48-31-49-50(36)38/h20-23,25,31,33,37,39-40H,4-19,24,26-29H2,1-3H3,(H,51,52)(H2,47,48,49)/t33-,37-,39-,40-,43+/m1/s1. The normalized spacial score (nSPS) is 22.5. The number of unbranched alkanes of at least 4 members (excludes halogenated alkanes) is 15. The van der Waals surface area contributed by atoms with E-state index < -0.39 is 68.5 Å². The maximum atomic E-state index is 13.9. The third kappa shape index (κ3) is 13.7. The highest BCUT2D eigenvalue weighted by molar-refractivity contribution is 7.47. The highest BCUT2D eigenvalue weighted by Gasteiger charge is 2.65. The van der Waals surface area contributed by atoms with E-state index in [1.165, 1.54) is 100 Å². The Morgan fingerprint density at radius 1 is 0.900 bits per heavy atom. The van der Waals surface area contributed by atoms with Crippen LogP contribution in [0, 0.1) is 23.0 Å². The zero-order chi connectivity index (χ0) is 43.0. The minimum Gasteiger partial charge on any atom is -0.382 e. The van der Waals surface area contributed by atoms with Gasteiger partial charge >= 0.3 is 7.82 Å². The SMILES string of the molecule is CCCCCCCCCCCCCCCCCCOC[C@H](COP(=O)(O)OC[C@H]1O[C@@](C#N)(c2ccc3c(N)ncnn23)[C@@H]2OC(C)(C)O[C@@H]21)OCc1ccc(F)c(F)c1. The van der Waals surface area contributed by atoms with Gasteiger partial charge in [0.05, 0.1) is 32.1 Å². The monoisotopic (exact) mass is 863 g/mol. The highest BCUT2D eigenvalue weighted by Crippen LogP contribution is 2.51. The number of anilines is 1. The molecule has 0 amide bonds. The second-order valence-electron chi connectivity index (χ2n) is 16.3. The molecule has 2 fully saturated rings. The summed E-state index contributed by atoms with van der Waals surface area (Å²) in [6.07, 6.45) is 17.6. The van der Waals surface area contributed by atoms with Crippen LogP contribution in [-0.2, 0) is 49.5 Å². The van der Waals surface area contributed by atoms with Crippen molar-refractivity contribution in [3.63, 3.8) is 0 Å². The lowest BCUT2D eigenvalue weighted by molar-refractivity contribution is -0.204. The first-order valence-electron chi connectivity index (χ1n) is 21.7. The number of halogens is 2. The van der Waals surface area contributed by atoms with Crippen molar-refractivity contribution in [2.45, 2.75) is 166 Å². The highest BCUT2D eigenvalue weighted by atomic mass is 31.2. The topological polar surface area (TPSA) is 182 Å². The van der Waals surface area contributed by atoms with Crippen molar-refractivity contribution in [2.75, 3.05) is 32.2 Å². The number of ether oxygens (including phenoxy) is 5. The quantitative estimate of drug-likeness (QED) is 0.0498. The number of nitriles is 1. The smallest absolute Gasteiger partial charge is 0.382 e. The van der Waals surface area contributed by atoms with Crippen molar-refractivity contribution in [1.82, 2.24) is 14.6 Å². The lowest BCUT2D eigenvalue weighted by atomic mass is 9.92. The molecule has 6 atom stereocenters. The summed E-state index contributed by atoms with van der Waals surface area (Å²) in [6.45, 7) is 5.04. The summed E-state index contributed by atoms with van der Waals surface area (Å²) in [5.74, 6) is -2.93. The molecule has 0 aliphatic carbocycles. The fourth-order valence-electron chi connectivity index (χ4n) is 7.80. The van der Waals surface area contributed by atoms with Crippen molar-refractivity contribution < 1.29 is 51.0 Å². The van der Waals surface area contributed by atoms with Crippen molar-refractivity contribution >= 4 is 19.2 Å². The molecule has 3 N–H and O–H groups in total. The zero-order valence-corrected chi connectivity index (χ0v) is 36.3. The molecule has 60 heavy (non-hydrogen) atoms. The molecule has 2 aromatic heterocycles. The summed E-state index contributed by atoms with van der Waals surface area (Å²) in [4.78, 5) is 14.8. The van der Waals surface area contributed by atoms with Crippen LogP contribution in [0.2, 0.25) is 0 Å². The summed E-state index contributed by atoms with van der Waals surface area (Å²) >= 11 is 0. The molecule has 3 aromatic rings. The summed E-state index contributed by atoms with van der Waals surface area (Å²) in [6, 6.07) is 8.91. The van der Waals surface area contributed by atoms with E-state index in [1.807, 2.05) is 0 Å². The van der Waals surface area contributed by atoms with Crippen molar-refractivity contribution in [3.8, 4) is 6.07 Å². The van der Waals surface area contributed by atoms with E-state index in [0.29, 0.717) is 23.4 Å². The largest absolute Gasteiger partial charge is 0.472 e. The van der Waals surface area contributed by atoms with Gasteiger partial charge in [0.2, 0.25) is 5.60 Å². The summed E-state index contributed by atoms with van der Waals surface area (Å²) < 4.78 is 83.2. The second-order valence-corrected chi connectivity index (χ2v) is 17.8. The van der Waals surface area contributed by atoms with Gasteiger partial charge in [-0.25, -0.2) is 22.8 Å². The van der Waals surface area contributed by atoms with E-state index in [1.54, 1.807) is 26.0 Å². The van der Waals surface area contributed by atoms with E-state index in [0.717, 1.165) is 31.4 Å². The lowest BCUT2D eigenvalue weighted by Crippen LogP contribution is -2.40. The summed E-state index contributed by atoms with van der Waals surface area (Å²) in [5, 5.41) is 14.8. The lowest BCUT2D eigenvalue weighted by Gasteiger charge is -2.29. The first-order valence-corrected chi connectivity index (χ1v) is 23.2. The van der Waals surface area contributed by atoms with Crippen molar-refractivity contribution in [2.24, 2.45) is 0 Å². The fourth-order valence-corrected chi connectivity index (χ4v) is 8.57. The summed E-state index contributed by atoms with van der Waals surface area (Å²) in [7, 11) is -4.76. The average Bonchev–Trinajstić information content (AvgIpc) is 3.89. The molecule has 2 aliphatic heterocycles. The molecule has 0 saturated carbocycles. The Bertz CT molecular complexity index is 1860. The van der Waals surface area contributed by atoms with Crippen molar-refractivity contribution in [3.05, 3.63) is 59.6 Å². The molecule has 1 aromatic carbocycles. The van der Waals surface area contributed by atoms with Gasteiger partial charge in [-0.3, -0.25) is 9.05 Å². The number of hydrogen-bond donors (Lipinski definition) is 2. The number of benzene rings is 1. The molecule has 4 heterocycles. The van der Waals surface area contributed by atoms with Crippen molar-refractivity contribution in [1.29, 1.82) is 5.26 Å². The van der Waals surface area contributed by atoms with E-state index in [-0.39, 0.29) is 19.0 Å². The van der Waals surface area contributed by atoms with Gasteiger partial charge in [-0.2, -0.15) is 10.4 Å². The Balaban J connectivity index is 1.07. The maximum absolute atomic E-state index is 13.9. The van der Waals surface area contributed by atoms with Crippen LogP contribution in [0.5, 0.6) is 0 Å². The molecule has 14 nitrogen and oxygen atoms in total. The number of fused-ring (bicyclic) bond motifs is 2. The van der Waals surface area contributed by atoms with Crippen LogP contribution < -0.4 is 5.73 Å². The number of aromatic nitrogens is 3. The molecule has 5 rings (SSSR count). The average molecular weight is 864 g/mol. The molecule has 0 spiro atoms. The van der Waals surface area contributed by atoms with Gasteiger partial charge in [-0.05, 0) is 50.1 Å². The second kappa shape index (κ2) is 23.4. The van der Waals surface area contributed by atoms with Gasteiger partial charge in [-0.15, -0.1) is 0 Å². The van der Waals surface area contributed by atoms with E-state index in [4.69, 9.17) is 38.5 Å². The maximum Gasteiger partial charge on any atom is 0.472 e. The number of phosphoric acid groups is 1. The predicted molar refractivity (Wildman–Crippen MR) is 220 cm³/mol. The van der Waals surface area contributed by atoms with Crippen LogP contribution in [0.3, 0.4) is 0 Å². The van der Waals surface area contributed by atoms with Crippen LogP contribution in [0.4, 0.5) is 14.6 Å². The Hall–Kier alpha value is -3.10. The zero-order valence-electron chi connectivity index (χ0n) is 35.4. The number of phosphoric ester groups is 1. The third-order valence-electron chi connectivity index (χ3n) is 11.0. The number of nitrogen functional groups attached to an aromatic ring is 1. The molecular weight excluding hydrogens is 799 g/mol. The Morgan fingerprint density at radius 3 is 2.18 bits per heavy atom. The van der Waals surface area contributed by atoms with Gasteiger partial charge in [0, 0.05) is 6.61 Å². The van der Waals surface area contributed by atoms with Gasteiger partial charge in [0.15, 0.2) is 23.2 Å². The minimum absolute atomic E-state index is 0.0161. The number of nitrogens with two attached hydrogens (primary N) is 1. The molecule has 2 saturated heterocycles.